The van der Waals surface area contributed by atoms with Crippen LogP contribution in [-0.2, 0) is 11.3 Å². The molecule has 0 aliphatic carbocycles. The van der Waals surface area contributed by atoms with Crippen LogP contribution in [-0.4, -0.2) is 33.3 Å². The van der Waals surface area contributed by atoms with Crippen LogP contribution in [0.25, 0.3) is 0 Å². The Kier molecular flexibility index (Phi) is 7.86. The fourth-order valence-electron chi connectivity index (χ4n) is 1.49. The standard InChI is InChI=1S/C13H19BrClN3O/c1-16-13(17-6-3-7-19-2)18-9-10-4-5-11(14)8-12(10)15/h4-5,8H,3,6-7,9H2,1-2H3,(H2,16,17,18). The number of halogens is 2. The highest BCUT2D eigenvalue weighted by molar-refractivity contribution is 9.10. The van der Waals surface area contributed by atoms with E-state index < -0.39 is 0 Å². The number of hydrogen-bond donors (Lipinski definition) is 2. The Balaban J connectivity index is 2.40. The molecule has 0 heterocycles. The van der Waals surface area contributed by atoms with E-state index in [-0.39, 0.29) is 0 Å². The largest absolute Gasteiger partial charge is 0.385 e. The molecule has 1 rings (SSSR count). The second-order valence-electron chi connectivity index (χ2n) is 3.93. The van der Waals surface area contributed by atoms with Crippen molar-refractivity contribution < 1.29 is 4.74 Å². The van der Waals surface area contributed by atoms with Crippen LogP contribution in [0.3, 0.4) is 0 Å². The Labute approximate surface area is 127 Å². The van der Waals surface area contributed by atoms with E-state index in [1.165, 1.54) is 0 Å². The summed E-state index contributed by atoms with van der Waals surface area (Å²) in [6, 6.07) is 5.84. The minimum Gasteiger partial charge on any atom is -0.385 e. The van der Waals surface area contributed by atoms with Gasteiger partial charge in [0.05, 0.1) is 0 Å². The Morgan fingerprint density at radius 3 is 2.84 bits per heavy atom. The molecule has 0 radical (unpaired) electrons. The number of hydrogen-bond acceptors (Lipinski definition) is 2. The zero-order valence-electron chi connectivity index (χ0n) is 11.2. The molecule has 0 atom stereocenters. The van der Waals surface area contributed by atoms with Crippen molar-refractivity contribution in [3.63, 3.8) is 0 Å². The summed E-state index contributed by atoms with van der Waals surface area (Å²) in [6.07, 6.45) is 0.941. The lowest BCUT2D eigenvalue weighted by molar-refractivity contribution is 0.195. The second kappa shape index (κ2) is 9.18. The van der Waals surface area contributed by atoms with E-state index >= 15 is 0 Å². The van der Waals surface area contributed by atoms with Gasteiger partial charge in [-0.25, -0.2) is 0 Å². The van der Waals surface area contributed by atoms with Gasteiger partial charge in [-0.2, -0.15) is 0 Å². The smallest absolute Gasteiger partial charge is 0.191 e. The molecule has 0 aliphatic rings. The van der Waals surface area contributed by atoms with Gasteiger partial charge in [-0.1, -0.05) is 33.6 Å². The lowest BCUT2D eigenvalue weighted by Crippen LogP contribution is -2.37. The number of aliphatic imine (C=N–C) groups is 1. The summed E-state index contributed by atoms with van der Waals surface area (Å²) in [6.45, 7) is 2.19. The monoisotopic (exact) mass is 347 g/mol. The van der Waals surface area contributed by atoms with Crippen molar-refractivity contribution in [1.29, 1.82) is 0 Å². The van der Waals surface area contributed by atoms with Gasteiger partial charge in [0, 0.05) is 43.3 Å². The second-order valence-corrected chi connectivity index (χ2v) is 5.26. The summed E-state index contributed by atoms with van der Waals surface area (Å²) in [5, 5.41) is 7.17. The Morgan fingerprint density at radius 1 is 1.42 bits per heavy atom. The van der Waals surface area contributed by atoms with Gasteiger partial charge in [0.25, 0.3) is 0 Å². The first-order valence-corrected chi connectivity index (χ1v) is 7.22. The number of nitrogens with zero attached hydrogens (tertiary/aromatic N) is 1. The molecule has 0 fully saturated rings. The average molecular weight is 349 g/mol. The number of nitrogens with one attached hydrogen (secondary N) is 2. The van der Waals surface area contributed by atoms with Crippen molar-refractivity contribution in [2.75, 3.05) is 27.3 Å². The molecule has 0 spiro atoms. The lowest BCUT2D eigenvalue weighted by atomic mass is 10.2. The van der Waals surface area contributed by atoms with Crippen LogP contribution < -0.4 is 10.6 Å². The predicted molar refractivity (Wildman–Crippen MR) is 83.8 cm³/mol. The molecule has 0 bridgehead atoms. The topological polar surface area (TPSA) is 45.7 Å². The van der Waals surface area contributed by atoms with Gasteiger partial charge in [0.1, 0.15) is 0 Å². The van der Waals surface area contributed by atoms with Gasteiger partial charge < -0.3 is 15.4 Å². The zero-order valence-corrected chi connectivity index (χ0v) is 13.5. The molecule has 4 nitrogen and oxygen atoms in total. The highest BCUT2D eigenvalue weighted by Crippen LogP contribution is 2.20. The Morgan fingerprint density at radius 2 is 2.21 bits per heavy atom. The number of methoxy groups -OCH3 is 1. The molecule has 19 heavy (non-hydrogen) atoms. The third kappa shape index (κ3) is 6.27. The van der Waals surface area contributed by atoms with E-state index in [0.717, 1.165) is 40.6 Å². The molecule has 0 aliphatic heterocycles. The fourth-order valence-corrected chi connectivity index (χ4v) is 2.23. The SMILES string of the molecule is CN=C(NCCCOC)NCc1ccc(Br)cc1Cl. The minimum atomic E-state index is 0.635. The normalized spacial score (nSPS) is 11.5. The molecular formula is C13H19BrClN3O. The molecular weight excluding hydrogens is 330 g/mol. The van der Waals surface area contributed by atoms with E-state index in [0.29, 0.717) is 6.54 Å². The first-order valence-electron chi connectivity index (χ1n) is 6.04. The predicted octanol–water partition coefficient (Wildman–Crippen LogP) is 2.80. The summed E-state index contributed by atoms with van der Waals surface area (Å²) in [5.41, 5.74) is 1.03. The van der Waals surface area contributed by atoms with Crippen LogP contribution in [0.1, 0.15) is 12.0 Å². The lowest BCUT2D eigenvalue weighted by Gasteiger charge is -2.12. The fraction of sp³-hybridized carbons (Fsp3) is 0.462. The molecule has 0 unspecified atom stereocenters. The number of ether oxygens (including phenoxy) is 1. The Bertz CT molecular complexity index is 426. The van der Waals surface area contributed by atoms with Crippen molar-refractivity contribution in [3.05, 3.63) is 33.3 Å². The van der Waals surface area contributed by atoms with Gasteiger partial charge in [-0.05, 0) is 24.1 Å². The summed E-state index contributed by atoms with van der Waals surface area (Å²) in [4.78, 5) is 4.15. The van der Waals surface area contributed by atoms with Gasteiger partial charge in [0.2, 0.25) is 0 Å². The molecule has 0 amide bonds. The van der Waals surface area contributed by atoms with Gasteiger partial charge in [0.15, 0.2) is 5.96 Å². The van der Waals surface area contributed by atoms with E-state index in [1.54, 1.807) is 14.2 Å². The van der Waals surface area contributed by atoms with Crippen LogP contribution in [0.15, 0.2) is 27.7 Å². The van der Waals surface area contributed by atoms with Crippen LogP contribution in [0.2, 0.25) is 5.02 Å². The third-order valence-electron chi connectivity index (χ3n) is 2.50. The molecule has 6 heteroatoms. The van der Waals surface area contributed by atoms with Crippen LogP contribution in [0.5, 0.6) is 0 Å². The van der Waals surface area contributed by atoms with Crippen molar-refractivity contribution in [2.24, 2.45) is 4.99 Å². The van der Waals surface area contributed by atoms with Crippen molar-refractivity contribution in [2.45, 2.75) is 13.0 Å². The summed E-state index contributed by atoms with van der Waals surface area (Å²) in [5.74, 6) is 0.759. The maximum Gasteiger partial charge on any atom is 0.191 e. The van der Waals surface area contributed by atoms with Gasteiger partial charge in [-0.15, -0.1) is 0 Å². The molecule has 0 saturated heterocycles. The maximum atomic E-state index is 6.15. The number of rotatable bonds is 6. The average Bonchev–Trinajstić information content (AvgIpc) is 2.40. The summed E-state index contributed by atoms with van der Waals surface area (Å²) in [7, 11) is 3.44. The van der Waals surface area contributed by atoms with E-state index in [4.69, 9.17) is 16.3 Å². The molecule has 0 saturated carbocycles. The highest BCUT2D eigenvalue weighted by Gasteiger charge is 2.02. The van der Waals surface area contributed by atoms with E-state index in [9.17, 15) is 0 Å². The van der Waals surface area contributed by atoms with Crippen LogP contribution >= 0.6 is 27.5 Å². The summed E-state index contributed by atoms with van der Waals surface area (Å²) >= 11 is 9.54. The molecule has 106 valence electrons. The first-order chi connectivity index (χ1) is 9.17. The van der Waals surface area contributed by atoms with Crippen molar-refractivity contribution in [3.8, 4) is 0 Å². The van der Waals surface area contributed by atoms with Crippen molar-refractivity contribution >= 4 is 33.5 Å². The van der Waals surface area contributed by atoms with Crippen LogP contribution in [0, 0.1) is 0 Å². The van der Waals surface area contributed by atoms with Crippen LogP contribution in [0.4, 0.5) is 0 Å². The molecule has 1 aromatic carbocycles. The molecule has 2 N–H and O–H groups in total. The van der Waals surface area contributed by atoms with Gasteiger partial charge in [-0.3, -0.25) is 4.99 Å². The zero-order chi connectivity index (χ0) is 14.1. The quantitative estimate of drug-likeness (QED) is 0.472. The number of benzene rings is 1. The number of guanidine groups is 1. The maximum absolute atomic E-state index is 6.15. The molecule has 1 aromatic rings. The van der Waals surface area contributed by atoms with E-state index in [2.05, 4.69) is 31.6 Å². The van der Waals surface area contributed by atoms with Crippen molar-refractivity contribution in [1.82, 2.24) is 10.6 Å². The highest BCUT2D eigenvalue weighted by atomic mass is 79.9. The third-order valence-corrected chi connectivity index (χ3v) is 3.35. The molecule has 0 aromatic heterocycles. The Hall–Kier alpha value is -0.780. The van der Waals surface area contributed by atoms with Gasteiger partial charge >= 0.3 is 0 Å². The van der Waals surface area contributed by atoms with E-state index in [1.807, 2.05) is 18.2 Å². The summed E-state index contributed by atoms with van der Waals surface area (Å²) < 4.78 is 5.97. The minimum absolute atomic E-state index is 0.635. The first kappa shape index (κ1) is 16.3.